The highest BCUT2D eigenvalue weighted by molar-refractivity contribution is 6.35. The first kappa shape index (κ1) is 17.2. The topological polar surface area (TPSA) is 12.5 Å². The Bertz CT molecular complexity index is 965. The van der Waals surface area contributed by atoms with Gasteiger partial charge >= 0.3 is 0 Å². The number of benzene rings is 4. The summed E-state index contributed by atoms with van der Waals surface area (Å²) in [5.41, 5.74) is 2.92. The second-order valence-corrected chi connectivity index (χ2v) is 6.39. The molecule has 0 N–H and O–H groups in total. The van der Waals surface area contributed by atoms with Crippen molar-refractivity contribution in [1.82, 2.24) is 0 Å². The molecule has 0 radical (unpaired) electrons. The van der Waals surface area contributed by atoms with E-state index in [1.54, 1.807) is 0 Å². The molecule has 0 aliphatic carbocycles. The molecule has 0 saturated carbocycles. The summed E-state index contributed by atoms with van der Waals surface area (Å²) < 4.78 is 6.01. The summed E-state index contributed by atoms with van der Waals surface area (Å²) >= 11 is 6.79. The zero-order chi connectivity index (χ0) is 18.5. The molecule has 0 aliphatic rings. The van der Waals surface area contributed by atoms with Crippen molar-refractivity contribution in [1.29, 1.82) is 0 Å². The first-order valence-electron chi connectivity index (χ1n) is 8.74. The van der Waals surface area contributed by atoms with E-state index in [-0.39, 0.29) is 0 Å². The minimum absolute atomic E-state index is 0.564. The Morgan fingerprint density at radius 3 is 1.63 bits per heavy atom. The third-order valence-electron chi connectivity index (χ3n) is 4.18. The van der Waals surface area contributed by atoms with Gasteiger partial charge in [-0.2, -0.15) is 0 Å². The summed E-state index contributed by atoms with van der Waals surface area (Å²) in [5, 5.41) is 0.564. The molecule has 0 amide bonds. The van der Waals surface area contributed by atoms with Crippen LogP contribution in [0.15, 0.2) is 109 Å². The number of hydrogen-bond donors (Lipinski definition) is 0. The molecule has 0 atom stereocenters. The number of anilines is 3. The number of hydrogen-bond acceptors (Lipinski definition) is 2. The van der Waals surface area contributed by atoms with Gasteiger partial charge in [0.25, 0.3) is 0 Å². The highest BCUT2D eigenvalue weighted by atomic mass is 35.5. The van der Waals surface area contributed by atoms with Crippen molar-refractivity contribution >= 4 is 28.7 Å². The standard InChI is InChI=1S/C24H18ClNO/c25-24-22(17-10-18-23(24)27-21-15-8-3-9-16-21)26(19-11-4-1-5-12-19)20-13-6-2-7-14-20/h1-18H. The van der Waals surface area contributed by atoms with Crippen molar-refractivity contribution in [2.24, 2.45) is 0 Å². The van der Waals surface area contributed by atoms with Crippen LogP contribution in [-0.4, -0.2) is 0 Å². The normalized spacial score (nSPS) is 10.4. The van der Waals surface area contributed by atoms with E-state index in [4.69, 9.17) is 16.3 Å². The summed E-state index contributed by atoms with van der Waals surface area (Å²) in [5.74, 6) is 1.37. The summed E-state index contributed by atoms with van der Waals surface area (Å²) in [6, 6.07) is 35.8. The fourth-order valence-corrected chi connectivity index (χ4v) is 3.20. The van der Waals surface area contributed by atoms with Gasteiger partial charge in [-0.05, 0) is 48.5 Å². The summed E-state index contributed by atoms with van der Waals surface area (Å²) in [7, 11) is 0. The minimum atomic E-state index is 0.564. The molecule has 4 aromatic rings. The zero-order valence-electron chi connectivity index (χ0n) is 14.6. The Morgan fingerprint density at radius 2 is 1.07 bits per heavy atom. The van der Waals surface area contributed by atoms with Gasteiger partial charge in [0.15, 0.2) is 0 Å². The lowest BCUT2D eigenvalue weighted by molar-refractivity contribution is 0.483. The first-order chi connectivity index (χ1) is 13.3. The molecule has 3 heteroatoms. The van der Waals surface area contributed by atoms with E-state index in [1.165, 1.54) is 0 Å². The highest BCUT2D eigenvalue weighted by Gasteiger charge is 2.17. The van der Waals surface area contributed by atoms with Gasteiger partial charge in [-0.15, -0.1) is 0 Å². The monoisotopic (exact) mass is 371 g/mol. The van der Waals surface area contributed by atoms with Crippen LogP contribution in [0.3, 0.4) is 0 Å². The number of ether oxygens (including phenoxy) is 1. The molecule has 27 heavy (non-hydrogen) atoms. The summed E-state index contributed by atoms with van der Waals surface area (Å²) in [4.78, 5) is 2.13. The van der Waals surface area contributed by atoms with Gasteiger partial charge in [-0.3, -0.25) is 0 Å². The minimum Gasteiger partial charge on any atom is -0.456 e. The van der Waals surface area contributed by atoms with Crippen molar-refractivity contribution in [3.63, 3.8) is 0 Å². The van der Waals surface area contributed by atoms with E-state index >= 15 is 0 Å². The molecule has 0 bridgehead atoms. The van der Waals surface area contributed by atoms with Gasteiger partial charge in [0.1, 0.15) is 16.5 Å². The van der Waals surface area contributed by atoms with E-state index in [0.29, 0.717) is 10.8 Å². The molecular formula is C24H18ClNO. The molecule has 0 aromatic heterocycles. The largest absolute Gasteiger partial charge is 0.456 e. The molecule has 0 aliphatic heterocycles. The van der Waals surface area contributed by atoms with Gasteiger partial charge in [0, 0.05) is 11.4 Å². The summed E-state index contributed by atoms with van der Waals surface area (Å²) in [6.45, 7) is 0. The highest BCUT2D eigenvalue weighted by Crippen LogP contribution is 2.43. The average molecular weight is 372 g/mol. The molecular weight excluding hydrogens is 354 g/mol. The van der Waals surface area contributed by atoms with Crippen LogP contribution in [0.1, 0.15) is 0 Å². The van der Waals surface area contributed by atoms with Crippen LogP contribution >= 0.6 is 11.6 Å². The van der Waals surface area contributed by atoms with Crippen molar-refractivity contribution in [3.05, 3.63) is 114 Å². The Labute approximate surface area is 164 Å². The Balaban J connectivity index is 1.80. The molecule has 0 spiro atoms. The number of para-hydroxylation sites is 3. The van der Waals surface area contributed by atoms with Crippen molar-refractivity contribution in [3.8, 4) is 11.5 Å². The van der Waals surface area contributed by atoms with Crippen LogP contribution in [0, 0.1) is 0 Å². The van der Waals surface area contributed by atoms with Crippen LogP contribution in [0.25, 0.3) is 0 Å². The van der Waals surface area contributed by atoms with Crippen LogP contribution in [0.2, 0.25) is 5.02 Å². The van der Waals surface area contributed by atoms with Gasteiger partial charge in [0.2, 0.25) is 0 Å². The lowest BCUT2D eigenvalue weighted by atomic mass is 10.2. The molecule has 0 fully saturated rings. The fourth-order valence-electron chi connectivity index (χ4n) is 2.95. The SMILES string of the molecule is Clc1c(Oc2ccccc2)cccc1N(c1ccccc1)c1ccccc1. The van der Waals surface area contributed by atoms with Gasteiger partial charge in [-0.1, -0.05) is 72.3 Å². The zero-order valence-corrected chi connectivity index (χ0v) is 15.4. The van der Waals surface area contributed by atoms with Gasteiger partial charge in [0.05, 0.1) is 5.69 Å². The maximum Gasteiger partial charge on any atom is 0.148 e. The lowest BCUT2D eigenvalue weighted by Gasteiger charge is -2.27. The molecule has 132 valence electrons. The third kappa shape index (κ3) is 3.81. The van der Waals surface area contributed by atoms with Crippen LogP contribution in [0.4, 0.5) is 17.1 Å². The second kappa shape index (κ2) is 7.98. The Hall–Kier alpha value is -3.23. The van der Waals surface area contributed by atoms with Crippen LogP contribution in [0.5, 0.6) is 11.5 Å². The lowest BCUT2D eigenvalue weighted by Crippen LogP contribution is -2.10. The van der Waals surface area contributed by atoms with Gasteiger partial charge in [-0.25, -0.2) is 0 Å². The molecule has 4 rings (SSSR count). The molecule has 0 saturated heterocycles. The predicted molar refractivity (Wildman–Crippen MR) is 113 cm³/mol. The quantitative estimate of drug-likeness (QED) is 0.358. The van der Waals surface area contributed by atoms with E-state index in [0.717, 1.165) is 22.8 Å². The molecule has 0 heterocycles. The smallest absolute Gasteiger partial charge is 0.148 e. The van der Waals surface area contributed by atoms with Crippen molar-refractivity contribution in [2.45, 2.75) is 0 Å². The average Bonchev–Trinajstić information content (AvgIpc) is 2.73. The predicted octanol–water partition coefficient (Wildman–Crippen LogP) is 7.60. The number of nitrogens with zero attached hydrogens (tertiary/aromatic N) is 1. The van der Waals surface area contributed by atoms with Crippen LogP contribution < -0.4 is 9.64 Å². The summed E-state index contributed by atoms with van der Waals surface area (Å²) in [6.07, 6.45) is 0. The van der Waals surface area contributed by atoms with E-state index in [9.17, 15) is 0 Å². The maximum atomic E-state index is 6.79. The number of halogens is 1. The third-order valence-corrected chi connectivity index (χ3v) is 4.56. The Morgan fingerprint density at radius 1 is 0.556 bits per heavy atom. The number of rotatable bonds is 5. The van der Waals surface area contributed by atoms with Crippen molar-refractivity contribution in [2.75, 3.05) is 4.90 Å². The first-order valence-corrected chi connectivity index (χ1v) is 9.12. The van der Waals surface area contributed by atoms with E-state index in [2.05, 4.69) is 29.2 Å². The molecule has 0 unspecified atom stereocenters. The second-order valence-electron chi connectivity index (χ2n) is 6.01. The van der Waals surface area contributed by atoms with E-state index in [1.807, 2.05) is 84.9 Å². The van der Waals surface area contributed by atoms with Crippen molar-refractivity contribution < 1.29 is 4.74 Å². The van der Waals surface area contributed by atoms with Crippen LogP contribution in [-0.2, 0) is 0 Å². The van der Waals surface area contributed by atoms with E-state index < -0.39 is 0 Å². The molecule has 2 nitrogen and oxygen atoms in total. The maximum absolute atomic E-state index is 6.79. The van der Waals surface area contributed by atoms with Gasteiger partial charge < -0.3 is 9.64 Å². The fraction of sp³-hybridized carbons (Fsp3) is 0. The Kier molecular flexibility index (Phi) is 5.08. The molecule has 4 aromatic carbocycles.